The molecule has 0 amide bonds. The summed E-state index contributed by atoms with van der Waals surface area (Å²) in [5, 5.41) is 118. The Bertz CT molecular complexity index is 4860. The fourth-order valence-electron chi connectivity index (χ4n) is 15.1. The van der Waals surface area contributed by atoms with Crippen LogP contribution in [-0.4, -0.2) is 216 Å². The molecule has 0 saturated heterocycles. The van der Waals surface area contributed by atoms with Gasteiger partial charge in [-0.2, -0.15) is 33.7 Å². The highest BCUT2D eigenvalue weighted by Crippen LogP contribution is 2.46. The molecule has 38 nitrogen and oxygen atoms in total. The first-order valence-corrected chi connectivity index (χ1v) is 42.5. The molecule has 114 heavy (non-hydrogen) atoms. The molecule has 6 aliphatic rings. The average Bonchev–Trinajstić information content (AvgIpc) is 1.65. The van der Waals surface area contributed by atoms with Gasteiger partial charge in [-0.1, -0.05) is 98.2 Å². The standard InChI is InChI=1S/C21H29N5O5S.C19H24ClN5O5S.C18H25N5O5S.C13H18N2O6S/c1-21(2)9-16(13-5-3-4-6-14(13)21)26-18-8-17(23-11-24-18)25-15-7-12(19(27)20(15)28)10-31-32(22,29)30;20-13-3-1-2-12-11(13)4-5-14(12)24-16-7-17(23-9-22-16)25-15-6-10(18(26)19(15)27)8-30-31(21,28)29;1-23(9-12-5-3-2-4-6-12)16-8-15(20-11-21-16)22-14-7-13(17(24)18(14)25)10-28-29(19,26)27;14-22(19,20)21-7-9-5-8(12(17)13(9)18)6-11(16)10-3-1-2-4-15-10/h3-6,8,11-12,15-16,19-20,27-28H,7,9-10H2,1-2H3,(H2,22,29,30)(H2,23,24,25,26);1-3,7,9-10,14-15,18-19,26-27H,4-6,8H2,(H2,21,28,29)(H2,22,23,24,25);2-6,8,11,13-14,17-18,24-25H,7,9-10H2,1H3,(H2,19,26,27)(H,20,21,22);1-4,8-9,12-13,17-18H,5-7H2,(H2,14,19,20)/t12-,15-,16+,19-,20+;10-,14+,15-,18-,19+;13-,14-,17-,18+;8-,9+,12-,13+/m1110/s1. The molecule has 6 aliphatic carbocycles. The van der Waals surface area contributed by atoms with E-state index in [0.29, 0.717) is 41.5 Å². The summed E-state index contributed by atoms with van der Waals surface area (Å²) < 4.78 is 106. The molecule has 13 rings (SSSR count). The van der Waals surface area contributed by atoms with E-state index in [1.165, 1.54) is 36.3 Å². The first kappa shape index (κ1) is 88.3. The van der Waals surface area contributed by atoms with Gasteiger partial charge in [-0.25, -0.2) is 50.5 Å². The lowest BCUT2D eigenvalue weighted by Gasteiger charge is -2.21. The maximum Gasteiger partial charge on any atom is 0.333 e. The Morgan fingerprint density at radius 1 is 0.482 bits per heavy atom. The van der Waals surface area contributed by atoms with Crippen molar-refractivity contribution in [1.82, 2.24) is 34.9 Å². The number of anilines is 6. The molecule has 4 saturated carbocycles. The van der Waals surface area contributed by atoms with Crippen molar-refractivity contribution in [2.75, 3.05) is 65.0 Å². The summed E-state index contributed by atoms with van der Waals surface area (Å²) in [5.74, 6) is 0.277. The maximum atomic E-state index is 12.1. The molecule has 21 N–H and O–H groups in total. The number of nitrogens with one attached hydrogen (secondary N) is 5. The molecule has 4 heterocycles. The third kappa shape index (κ3) is 24.8. The van der Waals surface area contributed by atoms with E-state index in [1.54, 1.807) is 36.4 Å². The van der Waals surface area contributed by atoms with Crippen LogP contribution < -0.4 is 52.0 Å². The third-order valence-corrected chi connectivity index (χ3v) is 23.0. The van der Waals surface area contributed by atoms with Crippen molar-refractivity contribution in [2.45, 2.75) is 156 Å². The smallest absolute Gasteiger partial charge is 0.333 e. The number of Topliss-reactive ketones (excluding diaryl/α,β-unsaturated/α-hetero) is 1. The van der Waals surface area contributed by atoms with Crippen molar-refractivity contribution in [3.8, 4) is 0 Å². The molecule has 4 aromatic heterocycles. The van der Waals surface area contributed by atoms with Crippen LogP contribution in [0.1, 0.15) is 109 Å². The van der Waals surface area contributed by atoms with Gasteiger partial charge in [-0.3, -0.25) is 26.5 Å². The average molecular weight is 1690 g/mol. The summed E-state index contributed by atoms with van der Waals surface area (Å²) in [6, 6.07) is 32.9. The Morgan fingerprint density at radius 2 is 0.895 bits per heavy atom. The van der Waals surface area contributed by atoms with E-state index in [0.717, 1.165) is 41.0 Å². The minimum Gasteiger partial charge on any atom is -0.390 e. The molecule has 0 unspecified atom stereocenters. The van der Waals surface area contributed by atoms with E-state index in [4.69, 9.17) is 32.2 Å². The SMILES string of the molecule is CC1(C)C[C@H](Nc2cc(N[C@@H]3C[C@H](COS(N)(=O)=O)[C@@H](O)[C@H]3O)ncn2)c2ccccc21.CN(Cc1ccccc1)c1cc(N[C@@H]2C[C@H](COS(N)(=O)=O)[C@@H](O)[C@H]2O)ncn1.NS(=O)(=O)OC[C@H]1C[C@@H](CC(=O)c2ccccn2)[C@H](O)[C@@H]1O.NS(=O)(=O)OC[C@H]1C[C@@H](Nc2cc(N[C@H]3CCc4c(Cl)cccc43)ncn2)[C@H](O)[C@@H]1O. The minimum absolute atomic E-state index is 0.0150. The van der Waals surface area contributed by atoms with E-state index >= 15 is 0 Å². The molecule has 18 atom stereocenters. The van der Waals surface area contributed by atoms with Gasteiger partial charge in [0.2, 0.25) is 0 Å². The predicted molar refractivity (Wildman–Crippen MR) is 417 cm³/mol. The molecule has 0 aliphatic heterocycles. The predicted octanol–water partition coefficient (Wildman–Crippen LogP) is 1.11. The first-order valence-electron chi connectivity index (χ1n) is 36.2. The number of carbonyl (C=O) groups excluding carboxylic acids is 1. The molecule has 7 aromatic rings. The van der Waals surface area contributed by atoms with Crippen molar-refractivity contribution in [2.24, 2.45) is 50.1 Å². The van der Waals surface area contributed by atoms with E-state index in [1.807, 2.05) is 66.5 Å². The topological polar surface area (TPSA) is 610 Å². The summed E-state index contributed by atoms with van der Waals surface area (Å²) in [5.41, 5.74) is 6.33. The second-order valence-electron chi connectivity index (χ2n) is 29.5. The highest BCUT2D eigenvalue weighted by Gasteiger charge is 2.47. The Kier molecular flexibility index (Phi) is 29.7. The van der Waals surface area contributed by atoms with Crippen molar-refractivity contribution in [1.29, 1.82) is 0 Å². The largest absolute Gasteiger partial charge is 0.390 e. The van der Waals surface area contributed by atoms with Gasteiger partial charge in [0.15, 0.2) is 5.78 Å². The van der Waals surface area contributed by atoms with E-state index in [-0.39, 0.29) is 87.5 Å². The Hall–Kier alpha value is -8.03. The number of nitrogens with zero attached hydrogens (tertiary/aromatic N) is 8. The summed E-state index contributed by atoms with van der Waals surface area (Å²) in [6.45, 7) is 3.87. The molecule has 4 fully saturated rings. The van der Waals surface area contributed by atoms with Gasteiger partial charge in [0, 0.05) is 73.1 Å². The second-order valence-corrected chi connectivity index (χ2v) is 34.8. The number of aromatic nitrogens is 7. The molecular formula is C71H96ClN17O21S4. The summed E-state index contributed by atoms with van der Waals surface area (Å²) in [7, 11) is -14.5. The summed E-state index contributed by atoms with van der Waals surface area (Å²) in [4.78, 5) is 43.4. The second kappa shape index (κ2) is 38.4. The lowest BCUT2D eigenvalue weighted by Crippen LogP contribution is -2.36. The summed E-state index contributed by atoms with van der Waals surface area (Å²) >= 11 is 6.29. The van der Waals surface area contributed by atoms with Crippen LogP contribution in [0.2, 0.25) is 5.02 Å². The van der Waals surface area contributed by atoms with Gasteiger partial charge < -0.3 is 72.3 Å². The molecule has 0 bridgehead atoms. The molecule has 3 aromatic carbocycles. The van der Waals surface area contributed by atoms with E-state index in [2.05, 4.69) is 110 Å². The lowest BCUT2D eigenvalue weighted by atomic mass is 9.86. The Balaban J connectivity index is 0.000000162. The van der Waals surface area contributed by atoms with Gasteiger partial charge >= 0.3 is 41.2 Å². The van der Waals surface area contributed by atoms with Crippen LogP contribution in [0.25, 0.3) is 0 Å². The number of carbonyl (C=O) groups is 1. The number of pyridine rings is 1. The molecule has 0 spiro atoms. The van der Waals surface area contributed by atoms with Gasteiger partial charge in [-0.15, -0.1) is 0 Å². The van der Waals surface area contributed by atoms with Crippen LogP contribution in [0.4, 0.5) is 34.9 Å². The van der Waals surface area contributed by atoms with Crippen molar-refractivity contribution in [3.05, 3.63) is 173 Å². The number of rotatable bonds is 28. The number of aliphatic hydroxyl groups excluding tert-OH is 8. The molecule has 43 heteroatoms. The number of benzene rings is 3. The number of ketones is 1. The highest BCUT2D eigenvalue weighted by atomic mass is 35.5. The maximum absolute atomic E-state index is 12.1. The number of fused-ring (bicyclic) bond motifs is 2. The van der Waals surface area contributed by atoms with E-state index in [9.17, 15) is 79.3 Å². The number of hydrogen-bond acceptors (Lipinski definition) is 34. The van der Waals surface area contributed by atoms with E-state index < -0.39 is 138 Å². The highest BCUT2D eigenvalue weighted by molar-refractivity contribution is 7.85. The zero-order valence-electron chi connectivity index (χ0n) is 62.1. The zero-order valence-corrected chi connectivity index (χ0v) is 66.1. The molecule has 622 valence electrons. The van der Waals surface area contributed by atoms with Crippen LogP contribution in [-0.2, 0) is 76.3 Å². The minimum atomic E-state index is -4.12. The summed E-state index contributed by atoms with van der Waals surface area (Å²) in [6.07, 6.45) is 0.503. The van der Waals surface area contributed by atoms with Gasteiger partial charge in [-0.05, 0) is 102 Å². The first-order chi connectivity index (χ1) is 53.7. The van der Waals surface area contributed by atoms with Crippen molar-refractivity contribution in [3.63, 3.8) is 0 Å². The van der Waals surface area contributed by atoms with Crippen LogP contribution in [0.5, 0.6) is 0 Å². The number of halogens is 1. The number of aliphatic hydroxyl groups is 8. The molecular weight excluding hydrogens is 1590 g/mol. The van der Waals surface area contributed by atoms with Crippen LogP contribution in [0.15, 0.2) is 134 Å². The quantitative estimate of drug-likeness (QED) is 0.0305. The van der Waals surface area contributed by atoms with Crippen LogP contribution in [0, 0.1) is 29.6 Å². The van der Waals surface area contributed by atoms with Crippen LogP contribution in [0.3, 0.4) is 0 Å². The van der Waals surface area contributed by atoms with Gasteiger partial charge in [0.25, 0.3) is 0 Å². The van der Waals surface area contributed by atoms with Crippen molar-refractivity contribution < 1.29 is 96.1 Å². The lowest BCUT2D eigenvalue weighted by molar-refractivity contribution is -0.00376. The van der Waals surface area contributed by atoms with Gasteiger partial charge in [0.05, 0.1) is 87.2 Å². The number of hydrogen-bond donors (Lipinski definition) is 17. The third-order valence-electron chi connectivity index (χ3n) is 20.8. The number of nitrogens with two attached hydrogens (primary N) is 4. The normalized spacial score (nSPS) is 27.4. The monoisotopic (exact) mass is 1690 g/mol. The fourth-order valence-corrected chi connectivity index (χ4v) is 16.8. The Labute approximate surface area is 664 Å². The van der Waals surface area contributed by atoms with Crippen LogP contribution >= 0.6 is 11.6 Å². The fraction of sp³-hybridized carbons (Fsp3) is 0.493. The zero-order chi connectivity index (χ0) is 82.6. The van der Waals surface area contributed by atoms with Crippen molar-refractivity contribution >= 4 is 93.5 Å². The Morgan fingerprint density at radius 3 is 1.38 bits per heavy atom. The molecule has 0 radical (unpaired) electrons. The van der Waals surface area contributed by atoms with Gasteiger partial charge in [0.1, 0.15) is 77.9 Å².